The van der Waals surface area contributed by atoms with Crippen molar-refractivity contribution in [2.75, 3.05) is 6.61 Å². The van der Waals surface area contributed by atoms with Crippen LogP contribution in [-0.4, -0.2) is 18.2 Å². The van der Waals surface area contributed by atoms with Gasteiger partial charge in [0.05, 0.1) is 13.0 Å². The minimum absolute atomic E-state index is 0.231. The van der Waals surface area contributed by atoms with Crippen LogP contribution in [0.3, 0.4) is 0 Å². The standard InChI is InChI=1S/C14H20O3/c1-11-6-5-7-12(10-11)16-9-8-13(15)17-14(2,3)4/h5-7,10H,8-9H2,1-4H3. The fraction of sp³-hybridized carbons (Fsp3) is 0.500. The van der Waals surface area contributed by atoms with Gasteiger partial charge in [0, 0.05) is 0 Å². The Morgan fingerprint density at radius 1 is 1.29 bits per heavy atom. The number of carbonyl (C=O) groups is 1. The number of aryl methyl sites for hydroxylation is 1. The molecule has 0 spiro atoms. The van der Waals surface area contributed by atoms with Gasteiger partial charge in [-0.05, 0) is 45.4 Å². The van der Waals surface area contributed by atoms with Gasteiger partial charge in [0.25, 0.3) is 0 Å². The van der Waals surface area contributed by atoms with Gasteiger partial charge in [-0.2, -0.15) is 0 Å². The number of carbonyl (C=O) groups excluding carboxylic acids is 1. The molecule has 0 aliphatic rings. The molecule has 1 aromatic carbocycles. The minimum atomic E-state index is -0.430. The van der Waals surface area contributed by atoms with Gasteiger partial charge in [0.1, 0.15) is 11.4 Å². The van der Waals surface area contributed by atoms with Crippen molar-refractivity contribution in [1.82, 2.24) is 0 Å². The van der Waals surface area contributed by atoms with Crippen molar-refractivity contribution < 1.29 is 14.3 Å². The molecular formula is C14H20O3. The van der Waals surface area contributed by atoms with Crippen LogP contribution in [0, 0.1) is 6.92 Å². The van der Waals surface area contributed by atoms with Gasteiger partial charge >= 0.3 is 5.97 Å². The van der Waals surface area contributed by atoms with E-state index in [1.165, 1.54) is 0 Å². The van der Waals surface area contributed by atoms with Crippen molar-refractivity contribution in [2.45, 2.75) is 39.7 Å². The fourth-order valence-electron chi connectivity index (χ4n) is 1.35. The molecule has 94 valence electrons. The van der Waals surface area contributed by atoms with Crippen LogP contribution in [0.5, 0.6) is 5.75 Å². The van der Waals surface area contributed by atoms with E-state index in [-0.39, 0.29) is 12.4 Å². The number of ether oxygens (including phenoxy) is 2. The molecule has 0 heterocycles. The lowest BCUT2D eigenvalue weighted by molar-refractivity contribution is -0.155. The number of hydrogen-bond acceptors (Lipinski definition) is 3. The van der Waals surface area contributed by atoms with Crippen LogP contribution in [0.2, 0.25) is 0 Å². The largest absolute Gasteiger partial charge is 0.493 e. The van der Waals surface area contributed by atoms with Crippen LogP contribution in [-0.2, 0) is 9.53 Å². The second-order valence-corrected chi connectivity index (χ2v) is 5.00. The summed E-state index contributed by atoms with van der Waals surface area (Å²) in [6.07, 6.45) is 0.269. The van der Waals surface area contributed by atoms with Crippen molar-refractivity contribution in [3.05, 3.63) is 29.8 Å². The molecule has 0 N–H and O–H groups in total. The Morgan fingerprint density at radius 3 is 2.59 bits per heavy atom. The molecule has 0 aromatic heterocycles. The normalized spacial score (nSPS) is 11.1. The molecule has 0 aliphatic heterocycles. The summed E-state index contributed by atoms with van der Waals surface area (Å²) in [5, 5.41) is 0. The smallest absolute Gasteiger partial charge is 0.309 e. The second-order valence-electron chi connectivity index (χ2n) is 5.00. The van der Waals surface area contributed by atoms with Gasteiger partial charge in [0.15, 0.2) is 0 Å². The van der Waals surface area contributed by atoms with Crippen molar-refractivity contribution in [3.63, 3.8) is 0 Å². The fourth-order valence-corrected chi connectivity index (χ4v) is 1.35. The predicted octanol–water partition coefficient (Wildman–Crippen LogP) is 3.11. The Bertz CT molecular complexity index is 377. The maximum Gasteiger partial charge on any atom is 0.309 e. The molecule has 0 saturated carbocycles. The summed E-state index contributed by atoms with van der Waals surface area (Å²) in [5.41, 5.74) is 0.709. The van der Waals surface area contributed by atoms with Gasteiger partial charge < -0.3 is 9.47 Å². The second kappa shape index (κ2) is 5.71. The highest BCUT2D eigenvalue weighted by Crippen LogP contribution is 2.13. The molecule has 1 aromatic rings. The average molecular weight is 236 g/mol. The maximum atomic E-state index is 11.4. The molecule has 3 heteroatoms. The summed E-state index contributed by atoms with van der Waals surface area (Å²) in [5.74, 6) is 0.554. The van der Waals surface area contributed by atoms with Crippen LogP contribution >= 0.6 is 0 Å². The van der Waals surface area contributed by atoms with Gasteiger partial charge in [-0.25, -0.2) is 0 Å². The van der Waals surface area contributed by atoms with E-state index in [4.69, 9.17) is 9.47 Å². The van der Waals surface area contributed by atoms with E-state index >= 15 is 0 Å². The Balaban J connectivity index is 2.31. The van der Waals surface area contributed by atoms with Gasteiger partial charge in [-0.15, -0.1) is 0 Å². The molecule has 0 bridgehead atoms. The van der Waals surface area contributed by atoms with Gasteiger partial charge in [-0.1, -0.05) is 12.1 Å². The topological polar surface area (TPSA) is 35.5 Å². The summed E-state index contributed by atoms with van der Waals surface area (Å²) in [6, 6.07) is 7.75. The van der Waals surface area contributed by atoms with Crippen molar-refractivity contribution in [3.8, 4) is 5.75 Å². The van der Waals surface area contributed by atoms with Gasteiger partial charge in [0.2, 0.25) is 0 Å². The lowest BCUT2D eigenvalue weighted by atomic mass is 10.2. The molecule has 0 atom stereocenters. The Kier molecular flexibility index (Phi) is 4.55. The van der Waals surface area contributed by atoms with Crippen LogP contribution < -0.4 is 4.74 Å². The zero-order chi connectivity index (χ0) is 12.9. The molecule has 1 rings (SSSR count). The summed E-state index contributed by atoms with van der Waals surface area (Å²) in [4.78, 5) is 11.4. The summed E-state index contributed by atoms with van der Waals surface area (Å²) >= 11 is 0. The average Bonchev–Trinajstić information content (AvgIpc) is 2.14. The zero-order valence-electron chi connectivity index (χ0n) is 10.9. The third kappa shape index (κ3) is 5.95. The van der Waals surface area contributed by atoms with E-state index in [0.29, 0.717) is 6.61 Å². The lowest BCUT2D eigenvalue weighted by Crippen LogP contribution is -2.24. The molecule has 17 heavy (non-hydrogen) atoms. The Labute approximate surface area is 103 Å². The molecule has 0 amide bonds. The monoisotopic (exact) mass is 236 g/mol. The third-order valence-electron chi connectivity index (χ3n) is 1.98. The van der Waals surface area contributed by atoms with Crippen LogP contribution in [0.1, 0.15) is 32.8 Å². The van der Waals surface area contributed by atoms with Crippen LogP contribution in [0.25, 0.3) is 0 Å². The van der Waals surface area contributed by atoms with Crippen LogP contribution in [0.15, 0.2) is 24.3 Å². The molecule has 3 nitrogen and oxygen atoms in total. The first-order valence-corrected chi connectivity index (χ1v) is 5.78. The first-order chi connectivity index (χ1) is 7.87. The van der Waals surface area contributed by atoms with Gasteiger partial charge in [-0.3, -0.25) is 4.79 Å². The van der Waals surface area contributed by atoms with E-state index < -0.39 is 5.60 Å². The summed E-state index contributed by atoms with van der Waals surface area (Å²) < 4.78 is 10.7. The number of esters is 1. The SMILES string of the molecule is Cc1cccc(OCCC(=O)OC(C)(C)C)c1. The number of benzene rings is 1. The summed E-state index contributed by atoms with van der Waals surface area (Å²) in [7, 11) is 0. The van der Waals surface area contributed by atoms with Crippen molar-refractivity contribution in [2.24, 2.45) is 0 Å². The molecule has 0 saturated heterocycles. The third-order valence-corrected chi connectivity index (χ3v) is 1.98. The molecular weight excluding hydrogens is 216 g/mol. The number of rotatable bonds is 4. The van der Waals surface area contributed by atoms with E-state index in [9.17, 15) is 4.79 Å². The lowest BCUT2D eigenvalue weighted by Gasteiger charge is -2.19. The highest BCUT2D eigenvalue weighted by atomic mass is 16.6. The maximum absolute atomic E-state index is 11.4. The van der Waals surface area contributed by atoms with E-state index in [1.54, 1.807) is 0 Å². The minimum Gasteiger partial charge on any atom is -0.493 e. The van der Waals surface area contributed by atoms with E-state index in [1.807, 2.05) is 52.0 Å². The molecule has 0 radical (unpaired) electrons. The van der Waals surface area contributed by atoms with Crippen molar-refractivity contribution >= 4 is 5.97 Å². The molecule has 0 aliphatic carbocycles. The van der Waals surface area contributed by atoms with E-state index in [0.717, 1.165) is 11.3 Å². The number of hydrogen-bond donors (Lipinski definition) is 0. The highest BCUT2D eigenvalue weighted by molar-refractivity contribution is 5.69. The Morgan fingerprint density at radius 2 is 2.00 bits per heavy atom. The van der Waals surface area contributed by atoms with Crippen LogP contribution in [0.4, 0.5) is 0 Å². The molecule has 0 fully saturated rings. The first-order valence-electron chi connectivity index (χ1n) is 5.78. The predicted molar refractivity (Wildman–Crippen MR) is 67.1 cm³/mol. The highest BCUT2D eigenvalue weighted by Gasteiger charge is 2.15. The first kappa shape index (κ1) is 13.6. The van der Waals surface area contributed by atoms with Crippen molar-refractivity contribution in [1.29, 1.82) is 0 Å². The summed E-state index contributed by atoms with van der Waals surface area (Å²) in [6.45, 7) is 7.91. The quantitative estimate of drug-likeness (QED) is 0.753. The zero-order valence-corrected chi connectivity index (χ0v) is 10.9. The Hall–Kier alpha value is -1.51. The van der Waals surface area contributed by atoms with E-state index in [2.05, 4.69) is 0 Å². The molecule has 0 unspecified atom stereocenters.